The molecule has 2 aromatic rings. The van der Waals surface area contributed by atoms with Crippen LogP contribution in [0.25, 0.3) is 11.4 Å². The molecular weight excluding hydrogens is 242 g/mol. The Morgan fingerprint density at radius 3 is 2.83 bits per heavy atom. The van der Waals surface area contributed by atoms with Crippen molar-refractivity contribution in [1.82, 2.24) is 10.1 Å². The zero-order valence-corrected chi connectivity index (χ0v) is 8.94. The van der Waals surface area contributed by atoms with Gasteiger partial charge in [0.15, 0.2) is 0 Å². The van der Waals surface area contributed by atoms with E-state index in [1.807, 2.05) is 0 Å². The average molecular weight is 249 g/mol. The molecule has 0 saturated heterocycles. The number of aromatic nitrogens is 2. The molecule has 1 aromatic heterocycles. The summed E-state index contributed by atoms with van der Waals surface area (Å²) >= 11 is 0. The number of nitrogens with zero attached hydrogens (tertiary/aromatic N) is 3. The van der Waals surface area contributed by atoms with Gasteiger partial charge in [-0.05, 0) is 6.07 Å². The van der Waals surface area contributed by atoms with Gasteiger partial charge in [0.2, 0.25) is 11.7 Å². The predicted molar refractivity (Wildman–Crippen MR) is 57.7 cm³/mol. The van der Waals surface area contributed by atoms with Crippen molar-refractivity contribution in [2.24, 2.45) is 0 Å². The highest BCUT2D eigenvalue weighted by Crippen LogP contribution is 2.26. The second kappa shape index (κ2) is 4.62. The maximum absolute atomic E-state index is 10.8. The molecule has 0 aliphatic carbocycles. The molecule has 0 atom stereocenters. The normalized spacial score (nSPS) is 10.2. The first-order valence-corrected chi connectivity index (χ1v) is 4.86. The molecule has 0 aliphatic rings. The predicted octanol–water partition coefficient (Wildman–Crippen LogP) is 1.27. The summed E-state index contributed by atoms with van der Waals surface area (Å²) in [6.07, 6.45) is -0.423. The van der Waals surface area contributed by atoms with E-state index >= 15 is 0 Å². The molecule has 0 amide bonds. The fraction of sp³-hybridized carbons (Fsp3) is 0.100. The number of rotatable bonds is 4. The molecule has 0 bridgehead atoms. The van der Waals surface area contributed by atoms with Crippen LogP contribution in [0.3, 0.4) is 0 Å². The van der Waals surface area contributed by atoms with Crippen LogP contribution in [0.5, 0.6) is 0 Å². The average Bonchev–Trinajstić information content (AvgIpc) is 2.76. The number of hydrogen-bond donors (Lipinski definition) is 1. The Kier molecular flexibility index (Phi) is 3.00. The molecule has 0 saturated carbocycles. The SMILES string of the molecule is O=C(O)Cc1nc(-c2ccccc2[N+](=O)[O-])no1. The van der Waals surface area contributed by atoms with Crippen molar-refractivity contribution < 1.29 is 19.3 Å². The molecule has 0 unspecified atom stereocenters. The van der Waals surface area contributed by atoms with E-state index in [1.165, 1.54) is 18.2 Å². The number of nitro benzene ring substituents is 1. The molecule has 0 radical (unpaired) electrons. The zero-order valence-electron chi connectivity index (χ0n) is 8.94. The van der Waals surface area contributed by atoms with E-state index in [1.54, 1.807) is 6.07 Å². The zero-order chi connectivity index (χ0) is 13.1. The first-order valence-electron chi connectivity index (χ1n) is 4.86. The van der Waals surface area contributed by atoms with Gasteiger partial charge in [0, 0.05) is 6.07 Å². The number of benzene rings is 1. The van der Waals surface area contributed by atoms with Gasteiger partial charge < -0.3 is 9.63 Å². The van der Waals surface area contributed by atoms with E-state index in [9.17, 15) is 14.9 Å². The number of para-hydroxylation sites is 1. The standard InChI is InChI=1S/C10H7N3O5/c14-9(15)5-8-11-10(12-18-8)6-3-1-2-4-7(6)13(16)17/h1-4H,5H2,(H,14,15). The molecule has 0 fully saturated rings. The highest BCUT2D eigenvalue weighted by molar-refractivity contribution is 5.70. The molecule has 92 valence electrons. The molecule has 0 aliphatic heterocycles. The van der Waals surface area contributed by atoms with Crippen LogP contribution in [0, 0.1) is 10.1 Å². The van der Waals surface area contributed by atoms with E-state index in [-0.39, 0.29) is 23.0 Å². The van der Waals surface area contributed by atoms with Crippen LogP contribution in [0.1, 0.15) is 5.89 Å². The summed E-state index contributed by atoms with van der Waals surface area (Å²) in [5.74, 6) is -1.22. The lowest BCUT2D eigenvalue weighted by Gasteiger charge is -1.95. The molecule has 0 spiro atoms. The summed E-state index contributed by atoms with van der Waals surface area (Å²) in [5, 5.41) is 22.9. The third-order valence-electron chi connectivity index (χ3n) is 2.11. The second-order valence-electron chi connectivity index (χ2n) is 3.36. The summed E-state index contributed by atoms with van der Waals surface area (Å²) in [4.78, 5) is 24.5. The molecule has 8 heteroatoms. The van der Waals surface area contributed by atoms with Gasteiger partial charge in [-0.15, -0.1) is 0 Å². The smallest absolute Gasteiger partial charge is 0.312 e. The lowest BCUT2D eigenvalue weighted by molar-refractivity contribution is -0.384. The fourth-order valence-corrected chi connectivity index (χ4v) is 1.39. The van der Waals surface area contributed by atoms with Crippen LogP contribution >= 0.6 is 0 Å². The monoisotopic (exact) mass is 249 g/mol. The van der Waals surface area contributed by atoms with Gasteiger partial charge in [-0.1, -0.05) is 17.3 Å². The van der Waals surface area contributed by atoms with Crippen molar-refractivity contribution in [3.05, 3.63) is 40.3 Å². The van der Waals surface area contributed by atoms with E-state index < -0.39 is 17.3 Å². The van der Waals surface area contributed by atoms with Crippen molar-refractivity contribution in [2.45, 2.75) is 6.42 Å². The molecular formula is C10H7N3O5. The molecule has 8 nitrogen and oxygen atoms in total. The van der Waals surface area contributed by atoms with Gasteiger partial charge in [0.05, 0.1) is 4.92 Å². The minimum Gasteiger partial charge on any atom is -0.481 e. The van der Waals surface area contributed by atoms with Gasteiger partial charge in [-0.2, -0.15) is 4.98 Å². The molecule has 2 rings (SSSR count). The van der Waals surface area contributed by atoms with Crippen LogP contribution in [0.2, 0.25) is 0 Å². The van der Waals surface area contributed by atoms with Crippen LogP contribution in [-0.4, -0.2) is 26.1 Å². The van der Waals surface area contributed by atoms with Gasteiger partial charge in [0.1, 0.15) is 12.0 Å². The lowest BCUT2D eigenvalue weighted by atomic mass is 10.2. The highest BCUT2D eigenvalue weighted by atomic mass is 16.6. The van der Waals surface area contributed by atoms with Gasteiger partial charge >= 0.3 is 5.97 Å². The van der Waals surface area contributed by atoms with E-state index in [4.69, 9.17) is 9.63 Å². The van der Waals surface area contributed by atoms with Gasteiger partial charge in [-0.3, -0.25) is 14.9 Å². The minimum absolute atomic E-state index is 0.00134. The first kappa shape index (κ1) is 11.7. The Labute approximate surface area is 100 Å². The first-order chi connectivity index (χ1) is 8.58. The minimum atomic E-state index is -1.12. The number of aliphatic carboxylic acids is 1. The Bertz CT molecular complexity index is 607. The lowest BCUT2D eigenvalue weighted by Crippen LogP contribution is -2.00. The number of hydrogen-bond acceptors (Lipinski definition) is 6. The highest BCUT2D eigenvalue weighted by Gasteiger charge is 2.19. The molecule has 1 aromatic carbocycles. The largest absolute Gasteiger partial charge is 0.481 e. The van der Waals surface area contributed by atoms with Crippen LogP contribution in [-0.2, 0) is 11.2 Å². The van der Waals surface area contributed by atoms with Crippen molar-refractivity contribution in [2.75, 3.05) is 0 Å². The molecule has 1 N–H and O–H groups in total. The van der Waals surface area contributed by atoms with E-state index in [0.29, 0.717) is 0 Å². The summed E-state index contributed by atoms with van der Waals surface area (Å²) in [6.45, 7) is 0. The third-order valence-corrected chi connectivity index (χ3v) is 2.11. The Morgan fingerprint density at radius 2 is 2.17 bits per heavy atom. The summed E-state index contributed by atoms with van der Waals surface area (Å²) < 4.78 is 4.70. The number of carboxylic acids is 1. The number of carboxylic acid groups (broad SMARTS) is 1. The van der Waals surface area contributed by atoms with Crippen molar-refractivity contribution in [3.63, 3.8) is 0 Å². The van der Waals surface area contributed by atoms with Crippen LogP contribution in [0.15, 0.2) is 28.8 Å². The van der Waals surface area contributed by atoms with Crippen molar-refractivity contribution in [3.8, 4) is 11.4 Å². The maximum atomic E-state index is 10.8. The second-order valence-corrected chi connectivity index (χ2v) is 3.36. The Hall–Kier alpha value is -2.77. The topological polar surface area (TPSA) is 119 Å². The van der Waals surface area contributed by atoms with Gasteiger partial charge in [-0.25, -0.2) is 0 Å². The van der Waals surface area contributed by atoms with Crippen molar-refractivity contribution in [1.29, 1.82) is 0 Å². The van der Waals surface area contributed by atoms with Gasteiger partial charge in [0.25, 0.3) is 5.69 Å². The Morgan fingerprint density at radius 1 is 1.44 bits per heavy atom. The maximum Gasteiger partial charge on any atom is 0.312 e. The van der Waals surface area contributed by atoms with Crippen LogP contribution in [0.4, 0.5) is 5.69 Å². The molecule has 18 heavy (non-hydrogen) atoms. The number of nitro groups is 1. The number of carbonyl (C=O) groups is 1. The summed E-state index contributed by atoms with van der Waals surface area (Å²) in [6, 6.07) is 5.88. The van der Waals surface area contributed by atoms with Crippen LogP contribution < -0.4 is 0 Å². The third kappa shape index (κ3) is 2.32. The summed E-state index contributed by atoms with van der Waals surface area (Å²) in [7, 11) is 0. The molecule has 1 heterocycles. The quantitative estimate of drug-likeness (QED) is 0.639. The van der Waals surface area contributed by atoms with Crippen molar-refractivity contribution >= 4 is 11.7 Å². The van der Waals surface area contributed by atoms with E-state index in [0.717, 1.165) is 0 Å². The Balaban J connectivity index is 2.40. The fourth-order valence-electron chi connectivity index (χ4n) is 1.39. The van der Waals surface area contributed by atoms with E-state index in [2.05, 4.69) is 10.1 Å². The summed E-state index contributed by atoms with van der Waals surface area (Å²) in [5.41, 5.74) is 0.0167.